The summed E-state index contributed by atoms with van der Waals surface area (Å²) in [5.74, 6) is -1.88. The Bertz CT molecular complexity index is 413. The largest absolute Gasteiger partial charge is 0.480 e. The van der Waals surface area contributed by atoms with Crippen LogP contribution in [0.4, 0.5) is 0 Å². The molecule has 7 nitrogen and oxygen atoms in total. The molecular formula is C9H16N2O5S. The number of aliphatic carboxylic acids is 1. The van der Waals surface area contributed by atoms with Crippen molar-refractivity contribution in [2.75, 3.05) is 12.3 Å². The van der Waals surface area contributed by atoms with Gasteiger partial charge in [0.15, 0.2) is 0 Å². The number of primary sulfonamides is 1. The molecule has 0 spiro atoms. The van der Waals surface area contributed by atoms with Crippen molar-refractivity contribution in [3.8, 4) is 0 Å². The summed E-state index contributed by atoms with van der Waals surface area (Å²) in [5.41, 5.74) is -1.30. The molecule has 0 aliphatic heterocycles. The number of nitrogens with one attached hydrogen (secondary N) is 1. The third-order valence-electron chi connectivity index (χ3n) is 2.94. The Hall–Kier alpha value is -1.15. The van der Waals surface area contributed by atoms with Crippen molar-refractivity contribution in [2.45, 2.75) is 25.7 Å². The van der Waals surface area contributed by atoms with Crippen LogP contribution in [0.2, 0.25) is 0 Å². The highest BCUT2D eigenvalue weighted by Gasteiger charge is 2.50. The van der Waals surface area contributed by atoms with Gasteiger partial charge in [-0.1, -0.05) is 6.42 Å². The second-order valence-corrected chi connectivity index (χ2v) is 5.95. The van der Waals surface area contributed by atoms with Crippen molar-refractivity contribution in [3.05, 3.63) is 0 Å². The highest BCUT2D eigenvalue weighted by molar-refractivity contribution is 7.89. The maximum atomic E-state index is 11.6. The van der Waals surface area contributed by atoms with Crippen molar-refractivity contribution in [2.24, 2.45) is 10.6 Å². The van der Waals surface area contributed by atoms with E-state index in [0.717, 1.165) is 6.42 Å². The Balaban J connectivity index is 2.37. The lowest BCUT2D eigenvalue weighted by atomic mass is 9.68. The van der Waals surface area contributed by atoms with E-state index in [4.69, 9.17) is 10.2 Å². The van der Waals surface area contributed by atoms with Gasteiger partial charge in [-0.25, -0.2) is 13.6 Å². The molecule has 1 aliphatic rings. The van der Waals surface area contributed by atoms with Crippen LogP contribution >= 0.6 is 0 Å². The Kier molecular flexibility index (Phi) is 4.10. The van der Waals surface area contributed by atoms with Gasteiger partial charge in [0, 0.05) is 6.54 Å². The van der Waals surface area contributed by atoms with Crippen LogP contribution in [0.1, 0.15) is 25.7 Å². The van der Waals surface area contributed by atoms with Crippen LogP contribution in [0, 0.1) is 5.41 Å². The first-order chi connectivity index (χ1) is 7.78. The van der Waals surface area contributed by atoms with E-state index in [1.807, 2.05) is 0 Å². The fourth-order valence-corrected chi connectivity index (χ4v) is 2.26. The first-order valence-corrected chi connectivity index (χ1v) is 7.02. The zero-order chi connectivity index (χ0) is 13.1. The molecule has 17 heavy (non-hydrogen) atoms. The summed E-state index contributed by atoms with van der Waals surface area (Å²) >= 11 is 0. The zero-order valence-corrected chi connectivity index (χ0v) is 10.1. The van der Waals surface area contributed by atoms with Gasteiger partial charge >= 0.3 is 5.97 Å². The molecule has 0 heterocycles. The first kappa shape index (κ1) is 13.9. The molecule has 0 radical (unpaired) electrons. The minimum Gasteiger partial charge on any atom is -0.480 e. The molecule has 1 fully saturated rings. The molecule has 0 aromatic heterocycles. The van der Waals surface area contributed by atoms with E-state index in [-0.39, 0.29) is 18.7 Å². The second kappa shape index (κ2) is 5.01. The molecule has 0 aromatic rings. The van der Waals surface area contributed by atoms with E-state index in [2.05, 4.69) is 5.32 Å². The topological polar surface area (TPSA) is 127 Å². The highest BCUT2D eigenvalue weighted by atomic mass is 32.2. The van der Waals surface area contributed by atoms with Crippen molar-refractivity contribution >= 4 is 21.9 Å². The average Bonchev–Trinajstić information content (AvgIpc) is 2.08. The molecule has 1 rings (SSSR count). The number of hydrogen-bond acceptors (Lipinski definition) is 4. The first-order valence-electron chi connectivity index (χ1n) is 5.30. The summed E-state index contributed by atoms with van der Waals surface area (Å²) < 4.78 is 21.2. The molecule has 4 N–H and O–H groups in total. The Morgan fingerprint density at radius 3 is 2.29 bits per heavy atom. The van der Waals surface area contributed by atoms with Gasteiger partial charge in [-0.15, -0.1) is 0 Å². The zero-order valence-electron chi connectivity index (χ0n) is 9.31. The SMILES string of the molecule is NS(=O)(=O)CCCNC(=O)C1(C(=O)O)CCC1. The maximum absolute atomic E-state index is 11.6. The van der Waals surface area contributed by atoms with E-state index in [1.165, 1.54) is 0 Å². The number of carboxylic acid groups (broad SMARTS) is 1. The van der Waals surface area contributed by atoms with Gasteiger partial charge in [-0.3, -0.25) is 9.59 Å². The standard InChI is InChI=1S/C9H16N2O5S/c10-17(15,16)6-2-5-11-7(12)9(8(13)14)3-1-4-9/h1-6H2,(H,11,12)(H,13,14)(H2,10,15,16). The van der Waals surface area contributed by atoms with Crippen molar-refractivity contribution in [3.63, 3.8) is 0 Å². The van der Waals surface area contributed by atoms with Gasteiger partial charge in [0.1, 0.15) is 5.41 Å². The molecule has 0 unspecified atom stereocenters. The van der Waals surface area contributed by atoms with Crippen molar-refractivity contribution in [1.82, 2.24) is 5.32 Å². The van der Waals surface area contributed by atoms with Gasteiger partial charge in [0.2, 0.25) is 15.9 Å². The molecule has 0 aromatic carbocycles. The van der Waals surface area contributed by atoms with E-state index in [9.17, 15) is 18.0 Å². The van der Waals surface area contributed by atoms with Crippen LogP contribution in [0.5, 0.6) is 0 Å². The minimum atomic E-state index is -3.53. The highest BCUT2D eigenvalue weighted by Crippen LogP contribution is 2.41. The quantitative estimate of drug-likeness (QED) is 0.420. The molecule has 0 saturated heterocycles. The number of amides is 1. The van der Waals surface area contributed by atoms with Crippen LogP contribution in [0.15, 0.2) is 0 Å². The molecule has 0 atom stereocenters. The van der Waals surface area contributed by atoms with Gasteiger partial charge in [-0.2, -0.15) is 0 Å². The third kappa shape index (κ3) is 3.40. The summed E-state index contributed by atoms with van der Waals surface area (Å²) in [6.07, 6.45) is 1.57. The van der Waals surface area contributed by atoms with E-state index >= 15 is 0 Å². The number of hydrogen-bond donors (Lipinski definition) is 3. The fraction of sp³-hybridized carbons (Fsp3) is 0.778. The van der Waals surface area contributed by atoms with Gasteiger partial charge < -0.3 is 10.4 Å². The Morgan fingerprint density at radius 2 is 1.94 bits per heavy atom. The third-order valence-corrected chi connectivity index (χ3v) is 3.80. The normalized spacial score (nSPS) is 18.2. The summed E-state index contributed by atoms with van der Waals surface area (Å²) in [5, 5.41) is 16.2. The minimum absolute atomic E-state index is 0.115. The number of nitrogens with two attached hydrogens (primary N) is 1. The molecule has 1 aliphatic carbocycles. The van der Waals surface area contributed by atoms with Gasteiger partial charge in [0.05, 0.1) is 5.75 Å². The number of sulfonamides is 1. The number of rotatable bonds is 6. The smallest absolute Gasteiger partial charge is 0.319 e. The number of carboxylic acids is 1. The molecule has 0 bridgehead atoms. The summed E-state index contributed by atoms with van der Waals surface area (Å²) in [6, 6.07) is 0. The average molecular weight is 264 g/mol. The lowest BCUT2D eigenvalue weighted by Crippen LogP contribution is -2.51. The molecule has 8 heteroatoms. The van der Waals surface area contributed by atoms with E-state index < -0.39 is 27.3 Å². The number of carbonyl (C=O) groups is 2. The van der Waals surface area contributed by atoms with Crippen LogP contribution < -0.4 is 10.5 Å². The van der Waals surface area contributed by atoms with Gasteiger partial charge in [0.25, 0.3) is 0 Å². The van der Waals surface area contributed by atoms with Crippen LogP contribution in [0.3, 0.4) is 0 Å². The monoisotopic (exact) mass is 264 g/mol. The molecular weight excluding hydrogens is 248 g/mol. The molecule has 1 saturated carbocycles. The molecule has 1 amide bonds. The molecule has 98 valence electrons. The second-order valence-electron chi connectivity index (χ2n) is 4.22. The summed E-state index contributed by atoms with van der Waals surface area (Å²) in [6.45, 7) is 0.115. The summed E-state index contributed by atoms with van der Waals surface area (Å²) in [7, 11) is -3.53. The van der Waals surface area contributed by atoms with Crippen LogP contribution in [-0.2, 0) is 19.6 Å². The van der Waals surface area contributed by atoms with Gasteiger partial charge in [-0.05, 0) is 19.3 Å². The van der Waals surface area contributed by atoms with Crippen LogP contribution in [0.25, 0.3) is 0 Å². The Labute approximate surface area is 99.4 Å². The maximum Gasteiger partial charge on any atom is 0.319 e. The fourth-order valence-electron chi connectivity index (χ4n) is 1.71. The predicted molar refractivity (Wildman–Crippen MR) is 59.5 cm³/mol. The number of carbonyl (C=O) groups excluding carboxylic acids is 1. The summed E-state index contributed by atoms with van der Waals surface area (Å²) in [4.78, 5) is 22.6. The predicted octanol–water partition coefficient (Wildman–Crippen LogP) is -0.964. The van der Waals surface area contributed by atoms with Crippen LogP contribution in [-0.4, -0.2) is 37.7 Å². The Morgan fingerprint density at radius 1 is 1.35 bits per heavy atom. The van der Waals surface area contributed by atoms with Crippen molar-refractivity contribution < 1.29 is 23.1 Å². The van der Waals surface area contributed by atoms with Crippen molar-refractivity contribution in [1.29, 1.82) is 0 Å². The van der Waals surface area contributed by atoms with E-state index in [0.29, 0.717) is 12.8 Å². The van der Waals surface area contributed by atoms with E-state index in [1.54, 1.807) is 0 Å². The lowest BCUT2D eigenvalue weighted by molar-refractivity contribution is -0.162. The lowest BCUT2D eigenvalue weighted by Gasteiger charge is -2.35.